The molecule has 0 amide bonds. The normalized spacial score (nSPS) is 12.4. The number of ether oxygens (including phenoxy) is 1. The highest BCUT2D eigenvalue weighted by molar-refractivity contribution is 7.09. The molecule has 0 aliphatic heterocycles. The highest BCUT2D eigenvalue weighted by Gasteiger charge is 2.05. The number of hydrogen-bond donors (Lipinski definition) is 1. The van der Waals surface area contributed by atoms with Gasteiger partial charge in [0, 0.05) is 35.6 Å². The van der Waals surface area contributed by atoms with Crippen molar-refractivity contribution in [2.75, 3.05) is 6.54 Å². The second-order valence-corrected chi connectivity index (χ2v) is 6.03. The second-order valence-electron chi connectivity index (χ2n) is 5.00. The van der Waals surface area contributed by atoms with E-state index in [-0.39, 0.29) is 6.10 Å². The van der Waals surface area contributed by atoms with E-state index in [2.05, 4.69) is 40.8 Å². The van der Waals surface area contributed by atoms with Crippen molar-refractivity contribution in [3.05, 3.63) is 58.9 Å². The third kappa shape index (κ3) is 3.80. The molecule has 1 atom stereocenters. The van der Waals surface area contributed by atoms with Gasteiger partial charge in [-0.25, -0.2) is 0 Å². The van der Waals surface area contributed by atoms with Gasteiger partial charge in [0.15, 0.2) is 0 Å². The van der Waals surface area contributed by atoms with Crippen LogP contribution < -0.4 is 10.1 Å². The Labute approximate surface area is 128 Å². The lowest BCUT2D eigenvalue weighted by atomic mass is 10.2. The van der Waals surface area contributed by atoms with Crippen LogP contribution in [0.1, 0.15) is 11.8 Å². The molecule has 3 aromatic rings. The summed E-state index contributed by atoms with van der Waals surface area (Å²) >= 11 is 1.77. The minimum atomic E-state index is 0.117. The van der Waals surface area contributed by atoms with Gasteiger partial charge in [-0.1, -0.05) is 12.1 Å². The Kier molecular flexibility index (Phi) is 4.48. The van der Waals surface area contributed by atoms with Gasteiger partial charge in [-0.15, -0.1) is 11.3 Å². The first-order valence-electron chi connectivity index (χ1n) is 7.06. The average Bonchev–Trinajstić information content (AvgIpc) is 3.00. The number of nitrogens with zero attached hydrogens (tertiary/aromatic N) is 1. The number of thiophene rings is 1. The molecule has 0 radical (unpaired) electrons. The third-order valence-corrected chi connectivity index (χ3v) is 4.10. The first kappa shape index (κ1) is 14.0. The highest BCUT2D eigenvalue weighted by atomic mass is 32.1. The molecule has 4 heteroatoms. The second kappa shape index (κ2) is 6.70. The molecular formula is C17H18N2OS. The van der Waals surface area contributed by atoms with Crippen LogP contribution in [0.5, 0.6) is 5.75 Å². The highest BCUT2D eigenvalue weighted by Crippen LogP contribution is 2.19. The molecule has 0 aliphatic carbocycles. The van der Waals surface area contributed by atoms with Gasteiger partial charge in [-0.2, -0.15) is 0 Å². The topological polar surface area (TPSA) is 34.1 Å². The first-order chi connectivity index (χ1) is 10.3. The minimum Gasteiger partial charge on any atom is -0.489 e. The lowest BCUT2D eigenvalue weighted by Gasteiger charge is -2.15. The van der Waals surface area contributed by atoms with Gasteiger partial charge >= 0.3 is 0 Å². The largest absolute Gasteiger partial charge is 0.489 e. The summed E-state index contributed by atoms with van der Waals surface area (Å²) in [6.07, 6.45) is 1.92. The fourth-order valence-corrected chi connectivity index (χ4v) is 2.88. The predicted molar refractivity (Wildman–Crippen MR) is 87.9 cm³/mol. The monoisotopic (exact) mass is 298 g/mol. The van der Waals surface area contributed by atoms with Crippen LogP contribution in [0.15, 0.2) is 54.0 Å². The molecule has 1 aromatic carbocycles. The Hall–Kier alpha value is -1.91. The fraction of sp³-hybridized carbons (Fsp3) is 0.235. The third-order valence-electron chi connectivity index (χ3n) is 3.23. The van der Waals surface area contributed by atoms with E-state index in [1.54, 1.807) is 17.5 Å². The van der Waals surface area contributed by atoms with Crippen molar-refractivity contribution < 1.29 is 4.74 Å². The first-order valence-corrected chi connectivity index (χ1v) is 7.94. The zero-order valence-electron chi connectivity index (χ0n) is 12.0. The number of aromatic nitrogens is 1. The predicted octanol–water partition coefficient (Wildman–Crippen LogP) is 3.85. The number of benzene rings is 1. The molecular weight excluding hydrogens is 280 g/mol. The number of rotatable bonds is 6. The Morgan fingerprint density at radius 2 is 2.19 bits per heavy atom. The fourth-order valence-electron chi connectivity index (χ4n) is 2.21. The van der Waals surface area contributed by atoms with E-state index in [1.165, 1.54) is 4.88 Å². The van der Waals surface area contributed by atoms with Crippen molar-refractivity contribution in [3.63, 3.8) is 0 Å². The lowest BCUT2D eigenvalue weighted by molar-refractivity contribution is 0.217. The van der Waals surface area contributed by atoms with Crippen LogP contribution in [0.25, 0.3) is 10.9 Å². The van der Waals surface area contributed by atoms with Crippen molar-refractivity contribution in [2.24, 2.45) is 0 Å². The number of pyridine rings is 1. The van der Waals surface area contributed by atoms with Crippen LogP contribution in [0.4, 0.5) is 0 Å². The SMILES string of the molecule is CC(CNCc1cccs1)Oc1ccc2cccnc2c1. The summed E-state index contributed by atoms with van der Waals surface area (Å²) in [5, 5.41) is 6.64. The molecule has 1 unspecified atom stereocenters. The molecule has 2 aromatic heterocycles. The molecule has 3 nitrogen and oxygen atoms in total. The Morgan fingerprint density at radius 1 is 1.24 bits per heavy atom. The Bertz CT molecular complexity index is 697. The quantitative estimate of drug-likeness (QED) is 0.750. The average molecular weight is 298 g/mol. The van der Waals surface area contributed by atoms with Gasteiger partial charge in [-0.05, 0) is 36.6 Å². The van der Waals surface area contributed by atoms with E-state index in [9.17, 15) is 0 Å². The summed E-state index contributed by atoms with van der Waals surface area (Å²) < 4.78 is 5.94. The van der Waals surface area contributed by atoms with E-state index < -0.39 is 0 Å². The molecule has 21 heavy (non-hydrogen) atoms. The van der Waals surface area contributed by atoms with E-state index >= 15 is 0 Å². The summed E-state index contributed by atoms with van der Waals surface area (Å²) in [6, 6.07) is 14.2. The van der Waals surface area contributed by atoms with Gasteiger partial charge in [0.1, 0.15) is 11.9 Å². The van der Waals surface area contributed by atoms with Crippen LogP contribution in [-0.2, 0) is 6.54 Å². The van der Waals surface area contributed by atoms with Crippen molar-refractivity contribution in [2.45, 2.75) is 19.6 Å². The van der Waals surface area contributed by atoms with Crippen LogP contribution in [0.3, 0.4) is 0 Å². The Balaban J connectivity index is 1.54. The molecule has 2 heterocycles. The van der Waals surface area contributed by atoms with E-state index in [0.29, 0.717) is 0 Å². The maximum absolute atomic E-state index is 5.94. The maximum Gasteiger partial charge on any atom is 0.121 e. The van der Waals surface area contributed by atoms with Crippen molar-refractivity contribution >= 4 is 22.2 Å². The summed E-state index contributed by atoms with van der Waals surface area (Å²) in [7, 11) is 0. The molecule has 1 N–H and O–H groups in total. The summed E-state index contributed by atoms with van der Waals surface area (Å²) in [6.45, 7) is 3.78. The van der Waals surface area contributed by atoms with E-state index in [0.717, 1.165) is 29.7 Å². The zero-order valence-corrected chi connectivity index (χ0v) is 12.8. The minimum absolute atomic E-state index is 0.117. The van der Waals surface area contributed by atoms with Crippen LogP contribution in [0, 0.1) is 0 Å². The summed E-state index contributed by atoms with van der Waals surface area (Å²) in [4.78, 5) is 5.70. The van der Waals surface area contributed by atoms with Gasteiger partial charge in [0.2, 0.25) is 0 Å². The Morgan fingerprint density at radius 3 is 3.05 bits per heavy atom. The van der Waals surface area contributed by atoms with Crippen molar-refractivity contribution in [1.29, 1.82) is 0 Å². The van der Waals surface area contributed by atoms with Crippen molar-refractivity contribution in [3.8, 4) is 5.75 Å². The molecule has 0 bridgehead atoms. The van der Waals surface area contributed by atoms with Gasteiger partial charge in [0.05, 0.1) is 5.52 Å². The number of fused-ring (bicyclic) bond motifs is 1. The standard InChI is InChI=1S/C17H18N2OS/c1-13(11-18-12-16-5-3-9-21-16)20-15-7-6-14-4-2-8-19-17(14)10-15/h2-10,13,18H,11-12H2,1H3. The lowest BCUT2D eigenvalue weighted by Crippen LogP contribution is -2.28. The molecule has 0 spiro atoms. The maximum atomic E-state index is 5.94. The van der Waals surface area contributed by atoms with Crippen LogP contribution in [-0.4, -0.2) is 17.6 Å². The molecule has 108 valence electrons. The van der Waals surface area contributed by atoms with Gasteiger partial charge in [0.25, 0.3) is 0 Å². The molecule has 0 fully saturated rings. The smallest absolute Gasteiger partial charge is 0.121 e. The van der Waals surface area contributed by atoms with E-state index in [1.807, 2.05) is 24.3 Å². The molecule has 0 saturated heterocycles. The molecule has 0 aliphatic rings. The van der Waals surface area contributed by atoms with Gasteiger partial charge in [-0.3, -0.25) is 4.98 Å². The van der Waals surface area contributed by atoms with Crippen LogP contribution in [0.2, 0.25) is 0 Å². The molecule has 0 saturated carbocycles. The molecule has 3 rings (SSSR count). The van der Waals surface area contributed by atoms with E-state index in [4.69, 9.17) is 4.74 Å². The van der Waals surface area contributed by atoms with Crippen molar-refractivity contribution in [1.82, 2.24) is 10.3 Å². The summed E-state index contributed by atoms with van der Waals surface area (Å²) in [5.41, 5.74) is 0.966. The zero-order chi connectivity index (χ0) is 14.5. The van der Waals surface area contributed by atoms with Crippen LogP contribution >= 0.6 is 11.3 Å². The van der Waals surface area contributed by atoms with Gasteiger partial charge < -0.3 is 10.1 Å². The number of nitrogens with one attached hydrogen (secondary N) is 1. The summed E-state index contributed by atoms with van der Waals surface area (Å²) in [5.74, 6) is 0.867. The number of hydrogen-bond acceptors (Lipinski definition) is 4.